The number of benzene rings is 2. The van der Waals surface area contributed by atoms with Crippen LogP contribution >= 0.6 is 12.4 Å². The zero-order valence-corrected chi connectivity index (χ0v) is 19.9. The molecule has 3 N–H and O–H groups in total. The van der Waals surface area contributed by atoms with Gasteiger partial charge in [-0.05, 0) is 31.2 Å². The molecule has 4 rings (SSSR count). The van der Waals surface area contributed by atoms with Crippen LogP contribution in [-0.4, -0.2) is 42.7 Å². The van der Waals surface area contributed by atoms with E-state index in [0.29, 0.717) is 18.4 Å². The number of amides is 3. The minimum Gasteiger partial charge on any atom is -0.373 e. The van der Waals surface area contributed by atoms with Gasteiger partial charge < -0.3 is 20.9 Å². The highest BCUT2D eigenvalue weighted by molar-refractivity contribution is 6.21. The van der Waals surface area contributed by atoms with Crippen LogP contribution in [0.15, 0.2) is 53.3 Å². The third kappa shape index (κ3) is 5.20. The lowest BCUT2D eigenvalue weighted by atomic mass is 9.87. The molecular formula is C24H22ClF4N5O2. The van der Waals surface area contributed by atoms with E-state index < -0.39 is 46.6 Å². The molecule has 0 saturated heterocycles. The van der Waals surface area contributed by atoms with Gasteiger partial charge in [0, 0.05) is 49.0 Å². The molecule has 0 spiro atoms. The van der Waals surface area contributed by atoms with Gasteiger partial charge in [-0.3, -0.25) is 4.79 Å². The standard InChI is InChI=1S/C24H21F4N5O2.ClH/c1-3-33-21-10-22(29-2)30-11-12(21)6-15(23(33)34)14-8-20(18(28)9-17(14)27)32-24(35)31-19-7-13(25)4-5-16(19)26;/h4-12,21,29H,3H2,1-2H3,(H2,31,32,35);1H. The molecule has 2 aliphatic rings. The van der Waals surface area contributed by atoms with Crippen molar-refractivity contribution >= 4 is 47.5 Å². The SMILES string of the molecule is CCN1C(=O)C(c2cc(NC(=O)Nc3cc(F)ccc3F)c(F)cc2F)=CC2C=NC(NC)=CC21.Cl. The summed E-state index contributed by atoms with van der Waals surface area (Å²) >= 11 is 0. The molecule has 0 bridgehead atoms. The highest BCUT2D eigenvalue weighted by Crippen LogP contribution is 2.34. The number of fused-ring (bicyclic) bond motifs is 1. The first-order valence-electron chi connectivity index (χ1n) is 10.7. The van der Waals surface area contributed by atoms with Gasteiger partial charge in [-0.15, -0.1) is 12.4 Å². The van der Waals surface area contributed by atoms with Gasteiger partial charge >= 0.3 is 6.03 Å². The molecule has 12 heteroatoms. The monoisotopic (exact) mass is 523 g/mol. The first-order valence-corrected chi connectivity index (χ1v) is 10.7. The Labute approximate surface area is 210 Å². The largest absolute Gasteiger partial charge is 0.373 e. The highest BCUT2D eigenvalue weighted by atomic mass is 35.5. The minimum atomic E-state index is -1.11. The Kier molecular flexibility index (Phi) is 8.03. The summed E-state index contributed by atoms with van der Waals surface area (Å²) in [6.07, 6.45) is 4.98. The molecule has 36 heavy (non-hydrogen) atoms. The number of anilines is 2. The Morgan fingerprint density at radius 1 is 1.00 bits per heavy atom. The van der Waals surface area contributed by atoms with E-state index in [4.69, 9.17) is 0 Å². The zero-order chi connectivity index (χ0) is 25.3. The lowest BCUT2D eigenvalue weighted by Crippen LogP contribution is -2.48. The van der Waals surface area contributed by atoms with Crippen molar-refractivity contribution in [3.8, 4) is 0 Å². The molecule has 0 saturated carbocycles. The molecular weight excluding hydrogens is 502 g/mol. The van der Waals surface area contributed by atoms with Gasteiger partial charge in [0.15, 0.2) is 0 Å². The van der Waals surface area contributed by atoms with Crippen LogP contribution < -0.4 is 16.0 Å². The van der Waals surface area contributed by atoms with Crippen LogP contribution in [0.2, 0.25) is 0 Å². The summed E-state index contributed by atoms with van der Waals surface area (Å²) in [7, 11) is 1.70. The number of aliphatic imine (C=N–C) groups is 1. The van der Waals surface area contributed by atoms with E-state index in [1.807, 2.05) is 0 Å². The molecule has 7 nitrogen and oxygen atoms in total. The average Bonchev–Trinajstić information content (AvgIpc) is 2.82. The van der Waals surface area contributed by atoms with Gasteiger partial charge in [0.1, 0.15) is 29.1 Å². The number of urea groups is 1. The average molecular weight is 524 g/mol. The molecule has 2 heterocycles. The van der Waals surface area contributed by atoms with Gasteiger partial charge in [0.25, 0.3) is 5.91 Å². The van der Waals surface area contributed by atoms with E-state index in [9.17, 15) is 27.2 Å². The molecule has 0 radical (unpaired) electrons. The van der Waals surface area contributed by atoms with Crippen LogP contribution in [0.25, 0.3) is 5.57 Å². The lowest BCUT2D eigenvalue weighted by molar-refractivity contribution is -0.127. The molecule has 0 fully saturated rings. The Balaban J connectivity index is 0.00000361. The van der Waals surface area contributed by atoms with Gasteiger partial charge in [-0.1, -0.05) is 6.08 Å². The van der Waals surface area contributed by atoms with Crippen molar-refractivity contribution in [3.63, 3.8) is 0 Å². The number of carbonyl (C=O) groups excluding carboxylic acids is 2. The molecule has 0 aliphatic carbocycles. The van der Waals surface area contributed by atoms with Crippen LogP contribution in [0.3, 0.4) is 0 Å². The lowest BCUT2D eigenvalue weighted by Gasteiger charge is -2.38. The summed E-state index contributed by atoms with van der Waals surface area (Å²) in [4.78, 5) is 31.3. The van der Waals surface area contributed by atoms with E-state index in [-0.39, 0.29) is 35.5 Å². The molecule has 3 amide bonds. The van der Waals surface area contributed by atoms with E-state index in [0.717, 1.165) is 24.3 Å². The van der Waals surface area contributed by atoms with Crippen molar-refractivity contribution in [1.82, 2.24) is 10.2 Å². The van der Waals surface area contributed by atoms with Crippen molar-refractivity contribution in [2.45, 2.75) is 13.0 Å². The maximum Gasteiger partial charge on any atom is 0.323 e. The van der Waals surface area contributed by atoms with Crippen LogP contribution in [0.4, 0.5) is 33.7 Å². The second-order valence-corrected chi connectivity index (χ2v) is 7.83. The number of hydrogen-bond donors (Lipinski definition) is 3. The van der Waals surface area contributed by atoms with E-state index in [1.54, 1.807) is 32.3 Å². The molecule has 2 atom stereocenters. The van der Waals surface area contributed by atoms with Crippen LogP contribution in [0.1, 0.15) is 12.5 Å². The quantitative estimate of drug-likeness (QED) is 0.497. The van der Waals surface area contributed by atoms with E-state index in [2.05, 4.69) is 20.9 Å². The fraction of sp³-hybridized carbons (Fsp3) is 0.208. The molecule has 2 aromatic carbocycles. The summed E-state index contributed by atoms with van der Waals surface area (Å²) in [6, 6.07) is 2.55. The number of nitrogens with zero attached hydrogens (tertiary/aromatic N) is 2. The Hall–Kier alpha value is -3.86. The smallest absolute Gasteiger partial charge is 0.323 e. The molecule has 2 unspecified atom stereocenters. The fourth-order valence-electron chi connectivity index (χ4n) is 3.99. The minimum absolute atomic E-state index is 0. The van der Waals surface area contributed by atoms with Crippen molar-refractivity contribution in [3.05, 3.63) is 77.1 Å². The summed E-state index contributed by atoms with van der Waals surface area (Å²) in [5.41, 5.74) is -1.16. The predicted octanol–water partition coefficient (Wildman–Crippen LogP) is 4.68. The number of carbonyl (C=O) groups is 2. The van der Waals surface area contributed by atoms with Crippen molar-refractivity contribution in [2.24, 2.45) is 10.9 Å². The summed E-state index contributed by atoms with van der Waals surface area (Å²) in [5.74, 6) is -4.04. The second kappa shape index (κ2) is 10.8. The van der Waals surface area contributed by atoms with Gasteiger partial charge in [-0.25, -0.2) is 27.3 Å². The maximum atomic E-state index is 14.8. The Morgan fingerprint density at radius 3 is 2.36 bits per heavy atom. The Morgan fingerprint density at radius 2 is 1.69 bits per heavy atom. The third-order valence-corrected chi connectivity index (χ3v) is 5.69. The van der Waals surface area contributed by atoms with E-state index >= 15 is 0 Å². The Bertz CT molecular complexity index is 1300. The maximum absolute atomic E-state index is 14.8. The van der Waals surface area contributed by atoms with Gasteiger partial charge in [0.2, 0.25) is 0 Å². The number of likely N-dealkylation sites (N-methyl/N-ethyl adjacent to an activating group) is 1. The van der Waals surface area contributed by atoms with Crippen molar-refractivity contribution in [1.29, 1.82) is 0 Å². The summed E-state index contributed by atoms with van der Waals surface area (Å²) in [6.45, 7) is 2.11. The number of hydrogen-bond acceptors (Lipinski definition) is 4. The number of nitrogens with one attached hydrogen (secondary N) is 3. The topological polar surface area (TPSA) is 85.8 Å². The second-order valence-electron chi connectivity index (χ2n) is 7.83. The third-order valence-electron chi connectivity index (χ3n) is 5.69. The molecule has 2 aromatic rings. The zero-order valence-electron chi connectivity index (χ0n) is 19.1. The normalized spacial score (nSPS) is 18.5. The van der Waals surface area contributed by atoms with Crippen molar-refractivity contribution in [2.75, 3.05) is 24.2 Å². The van der Waals surface area contributed by atoms with Crippen molar-refractivity contribution < 1.29 is 27.2 Å². The number of halogens is 5. The molecule has 190 valence electrons. The molecule has 2 aliphatic heterocycles. The first kappa shape index (κ1) is 26.7. The summed E-state index contributed by atoms with van der Waals surface area (Å²) < 4.78 is 56.4. The van der Waals surface area contributed by atoms with Gasteiger partial charge in [0.05, 0.1) is 17.4 Å². The summed E-state index contributed by atoms with van der Waals surface area (Å²) in [5, 5.41) is 7.13. The highest BCUT2D eigenvalue weighted by Gasteiger charge is 2.37. The van der Waals surface area contributed by atoms with Crippen LogP contribution in [0, 0.1) is 29.2 Å². The predicted molar refractivity (Wildman–Crippen MR) is 131 cm³/mol. The van der Waals surface area contributed by atoms with Crippen LogP contribution in [0.5, 0.6) is 0 Å². The molecule has 0 aromatic heterocycles. The van der Waals surface area contributed by atoms with E-state index in [1.165, 1.54) is 4.90 Å². The fourth-order valence-corrected chi connectivity index (χ4v) is 3.99. The first-order chi connectivity index (χ1) is 16.7. The van der Waals surface area contributed by atoms with Gasteiger partial charge in [-0.2, -0.15) is 0 Å². The number of rotatable bonds is 5. The van der Waals surface area contributed by atoms with Crippen LogP contribution in [-0.2, 0) is 4.79 Å².